The number of imide groups is 1. The van der Waals surface area contributed by atoms with Crippen LogP contribution >= 0.6 is 0 Å². The Bertz CT molecular complexity index is 212. The first-order chi connectivity index (χ1) is 6.58. The summed E-state index contributed by atoms with van der Waals surface area (Å²) in [6, 6.07) is 0.435. The zero-order valence-corrected chi connectivity index (χ0v) is 8.67. The summed E-state index contributed by atoms with van der Waals surface area (Å²) in [5.41, 5.74) is 0. The van der Waals surface area contributed by atoms with Crippen molar-refractivity contribution in [2.75, 3.05) is 26.2 Å². The summed E-state index contributed by atoms with van der Waals surface area (Å²) in [5, 5.41) is 5.51. The molecule has 2 N–H and O–H groups in total. The van der Waals surface area contributed by atoms with E-state index in [1.807, 2.05) is 4.90 Å². The van der Waals surface area contributed by atoms with E-state index in [1.54, 1.807) is 0 Å². The largest absolute Gasteiger partial charge is 0.313 e. The molecular weight excluding hydrogens is 182 g/mol. The van der Waals surface area contributed by atoms with Crippen LogP contribution in [0.25, 0.3) is 0 Å². The van der Waals surface area contributed by atoms with Gasteiger partial charge in [0, 0.05) is 19.1 Å². The van der Waals surface area contributed by atoms with Crippen LogP contribution in [0.1, 0.15) is 13.8 Å². The predicted molar refractivity (Wildman–Crippen MR) is 52.7 cm³/mol. The van der Waals surface area contributed by atoms with E-state index in [4.69, 9.17) is 0 Å². The number of amides is 2. The Labute approximate surface area is 83.8 Å². The van der Waals surface area contributed by atoms with Crippen molar-refractivity contribution in [2.24, 2.45) is 0 Å². The smallest absolute Gasteiger partial charge is 0.240 e. The number of carbonyl (C=O) groups excluding carboxylic acids is 2. The van der Waals surface area contributed by atoms with Gasteiger partial charge in [-0.05, 0) is 0 Å². The fourth-order valence-corrected chi connectivity index (χ4v) is 1.37. The molecule has 2 amide bonds. The maximum atomic E-state index is 11.0. The van der Waals surface area contributed by atoms with Crippen LogP contribution in [0.5, 0.6) is 0 Å². The minimum absolute atomic E-state index is 0.203. The molecule has 0 saturated carbocycles. The fourth-order valence-electron chi connectivity index (χ4n) is 1.37. The predicted octanol–water partition coefficient (Wildman–Crippen LogP) is -1.06. The van der Waals surface area contributed by atoms with E-state index in [0.29, 0.717) is 19.1 Å². The third kappa shape index (κ3) is 3.85. The van der Waals surface area contributed by atoms with Crippen LogP contribution in [0.2, 0.25) is 0 Å². The Hall–Kier alpha value is -0.940. The number of hydrogen-bond donors (Lipinski definition) is 2. The van der Waals surface area contributed by atoms with E-state index in [9.17, 15) is 9.59 Å². The van der Waals surface area contributed by atoms with Gasteiger partial charge in [-0.15, -0.1) is 0 Å². The molecule has 5 heteroatoms. The molecule has 0 aliphatic carbocycles. The van der Waals surface area contributed by atoms with Crippen molar-refractivity contribution in [3.8, 4) is 0 Å². The third-order valence-electron chi connectivity index (χ3n) is 1.99. The van der Waals surface area contributed by atoms with Gasteiger partial charge in [0.25, 0.3) is 0 Å². The van der Waals surface area contributed by atoms with Gasteiger partial charge in [0.15, 0.2) is 0 Å². The molecule has 80 valence electrons. The number of piperazine rings is 1. The van der Waals surface area contributed by atoms with Crippen molar-refractivity contribution in [3.05, 3.63) is 0 Å². The van der Waals surface area contributed by atoms with E-state index >= 15 is 0 Å². The zero-order chi connectivity index (χ0) is 10.6. The Morgan fingerprint density at radius 1 is 1.36 bits per heavy atom. The molecule has 0 bridgehead atoms. The number of nitrogens with zero attached hydrogens (tertiary/aromatic N) is 1. The molecule has 0 aromatic rings. The summed E-state index contributed by atoms with van der Waals surface area (Å²) in [6.45, 7) is 6.31. The average Bonchev–Trinajstić information content (AvgIpc) is 2.01. The fraction of sp³-hybridized carbons (Fsp3) is 0.778. The average molecular weight is 199 g/mol. The highest BCUT2D eigenvalue weighted by atomic mass is 16.2. The molecule has 1 heterocycles. The van der Waals surface area contributed by atoms with Crippen LogP contribution in [0.15, 0.2) is 0 Å². The first-order valence-corrected chi connectivity index (χ1v) is 4.86. The van der Waals surface area contributed by atoms with Gasteiger partial charge in [0.1, 0.15) is 0 Å². The summed E-state index contributed by atoms with van der Waals surface area (Å²) < 4.78 is 0. The molecule has 0 unspecified atom stereocenters. The molecule has 14 heavy (non-hydrogen) atoms. The van der Waals surface area contributed by atoms with Gasteiger partial charge in [0.05, 0.1) is 13.1 Å². The van der Waals surface area contributed by atoms with Gasteiger partial charge in [-0.2, -0.15) is 0 Å². The molecule has 0 radical (unpaired) electrons. The summed E-state index contributed by atoms with van der Waals surface area (Å²) in [4.78, 5) is 23.8. The second-order valence-electron chi connectivity index (χ2n) is 3.79. The Balaban J connectivity index is 2.23. The van der Waals surface area contributed by atoms with E-state index in [2.05, 4.69) is 24.5 Å². The number of nitrogens with one attached hydrogen (secondary N) is 2. The maximum Gasteiger partial charge on any atom is 0.240 e. The van der Waals surface area contributed by atoms with E-state index < -0.39 is 0 Å². The van der Waals surface area contributed by atoms with Crippen molar-refractivity contribution < 1.29 is 9.59 Å². The monoisotopic (exact) mass is 199 g/mol. The van der Waals surface area contributed by atoms with Crippen LogP contribution in [0, 0.1) is 0 Å². The lowest BCUT2D eigenvalue weighted by Crippen LogP contribution is -2.52. The van der Waals surface area contributed by atoms with Crippen molar-refractivity contribution in [1.82, 2.24) is 15.5 Å². The standard InChI is InChI=1S/C9H17N3O2/c1-7(2)10-3-4-12-5-8(13)11-9(14)6-12/h7,10H,3-6H2,1-2H3,(H,11,13,14). The van der Waals surface area contributed by atoms with E-state index in [0.717, 1.165) is 13.1 Å². The highest BCUT2D eigenvalue weighted by Gasteiger charge is 2.21. The van der Waals surface area contributed by atoms with Gasteiger partial charge >= 0.3 is 0 Å². The molecule has 0 spiro atoms. The van der Waals surface area contributed by atoms with Crippen LogP contribution < -0.4 is 10.6 Å². The summed E-state index contributed by atoms with van der Waals surface area (Å²) in [5.74, 6) is -0.406. The third-order valence-corrected chi connectivity index (χ3v) is 1.99. The highest BCUT2D eigenvalue weighted by Crippen LogP contribution is 1.93. The molecule has 0 aromatic heterocycles. The van der Waals surface area contributed by atoms with Crippen LogP contribution in [0.4, 0.5) is 0 Å². The first-order valence-electron chi connectivity index (χ1n) is 4.86. The van der Waals surface area contributed by atoms with Crippen molar-refractivity contribution in [3.63, 3.8) is 0 Å². The minimum Gasteiger partial charge on any atom is -0.313 e. The Kier molecular flexibility index (Phi) is 4.03. The van der Waals surface area contributed by atoms with Gasteiger partial charge in [-0.3, -0.25) is 19.8 Å². The minimum atomic E-state index is -0.203. The summed E-state index contributed by atoms with van der Waals surface area (Å²) in [7, 11) is 0. The van der Waals surface area contributed by atoms with Gasteiger partial charge < -0.3 is 5.32 Å². The molecule has 1 rings (SSSR count). The topological polar surface area (TPSA) is 61.4 Å². The lowest BCUT2D eigenvalue weighted by molar-refractivity contribution is -0.135. The molecule has 0 atom stereocenters. The van der Waals surface area contributed by atoms with Crippen molar-refractivity contribution >= 4 is 11.8 Å². The SMILES string of the molecule is CC(C)NCCN1CC(=O)NC(=O)C1. The number of carbonyl (C=O) groups is 2. The van der Waals surface area contributed by atoms with Crippen LogP contribution in [-0.2, 0) is 9.59 Å². The normalized spacial score (nSPS) is 18.8. The van der Waals surface area contributed by atoms with Crippen molar-refractivity contribution in [1.29, 1.82) is 0 Å². The number of hydrogen-bond acceptors (Lipinski definition) is 4. The van der Waals surface area contributed by atoms with Crippen LogP contribution in [-0.4, -0.2) is 48.9 Å². The summed E-state index contributed by atoms with van der Waals surface area (Å²) >= 11 is 0. The molecule has 5 nitrogen and oxygen atoms in total. The lowest BCUT2D eigenvalue weighted by Gasteiger charge is -2.25. The second-order valence-corrected chi connectivity index (χ2v) is 3.79. The summed E-state index contributed by atoms with van der Waals surface area (Å²) in [6.07, 6.45) is 0. The maximum absolute atomic E-state index is 11.0. The second kappa shape index (κ2) is 5.07. The number of rotatable bonds is 4. The molecule has 1 aliphatic rings. The molecule has 1 aliphatic heterocycles. The van der Waals surface area contributed by atoms with Gasteiger partial charge in [0.2, 0.25) is 11.8 Å². The molecule has 1 saturated heterocycles. The molecular formula is C9H17N3O2. The zero-order valence-electron chi connectivity index (χ0n) is 8.67. The van der Waals surface area contributed by atoms with Gasteiger partial charge in [-0.1, -0.05) is 13.8 Å². The highest BCUT2D eigenvalue weighted by molar-refractivity contribution is 5.99. The van der Waals surface area contributed by atoms with Crippen LogP contribution in [0.3, 0.4) is 0 Å². The quantitative estimate of drug-likeness (QED) is 0.567. The lowest BCUT2D eigenvalue weighted by atomic mass is 10.3. The van der Waals surface area contributed by atoms with Gasteiger partial charge in [-0.25, -0.2) is 0 Å². The van der Waals surface area contributed by atoms with E-state index in [1.165, 1.54) is 0 Å². The Morgan fingerprint density at radius 3 is 2.43 bits per heavy atom. The van der Waals surface area contributed by atoms with E-state index in [-0.39, 0.29) is 11.8 Å². The Morgan fingerprint density at radius 2 is 1.93 bits per heavy atom. The first kappa shape index (κ1) is 11.1. The molecule has 1 fully saturated rings. The van der Waals surface area contributed by atoms with Crippen molar-refractivity contribution in [2.45, 2.75) is 19.9 Å². The molecule has 0 aromatic carbocycles.